The van der Waals surface area contributed by atoms with E-state index in [0.717, 1.165) is 0 Å². The van der Waals surface area contributed by atoms with Crippen LogP contribution in [0.15, 0.2) is 78.4 Å². The van der Waals surface area contributed by atoms with Gasteiger partial charge in [-0.25, -0.2) is 0 Å². The van der Waals surface area contributed by atoms with Crippen LogP contribution < -0.4 is 0 Å². The Morgan fingerprint density at radius 1 is 0.889 bits per heavy atom. The van der Waals surface area contributed by atoms with Crippen LogP contribution in [-0.2, 0) is 5.41 Å². The van der Waals surface area contributed by atoms with Gasteiger partial charge < -0.3 is 0 Å². The van der Waals surface area contributed by atoms with E-state index in [2.05, 4.69) is 123 Å². The molecule has 1 atom stereocenters. The van der Waals surface area contributed by atoms with Crippen molar-refractivity contribution in [3.63, 3.8) is 0 Å². The molecule has 0 saturated carbocycles. The molecule has 4 rings (SSSR count). The van der Waals surface area contributed by atoms with Crippen molar-refractivity contribution in [2.45, 2.75) is 39.0 Å². The molecule has 0 aromatic heterocycles. The molecule has 136 valence electrons. The molecule has 0 nitrogen and oxygen atoms in total. The average Bonchev–Trinajstić information content (AvgIpc) is 2.89. The lowest BCUT2D eigenvalue weighted by Crippen LogP contribution is -2.15. The highest BCUT2D eigenvalue weighted by Crippen LogP contribution is 2.50. The first kappa shape index (κ1) is 18.5. The molecule has 0 saturated heterocycles. The first-order valence-corrected chi connectivity index (χ1v) is 10.7. The summed E-state index contributed by atoms with van der Waals surface area (Å²) in [7, 11) is 0. The van der Waals surface area contributed by atoms with Crippen LogP contribution >= 0.6 is 22.6 Å². The van der Waals surface area contributed by atoms with Crippen LogP contribution in [0.5, 0.6) is 0 Å². The van der Waals surface area contributed by atoms with Gasteiger partial charge in [-0.2, -0.15) is 0 Å². The third kappa shape index (κ3) is 2.97. The van der Waals surface area contributed by atoms with Gasteiger partial charge in [0.05, 0.1) is 0 Å². The van der Waals surface area contributed by atoms with E-state index in [-0.39, 0.29) is 5.41 Å². The number of fused-ring (bicyclic) bond motifs is 2. The van der Waals surface area contributed by atoms with Gasteiger partial charge in [0.15, 0.2) is 0 Å². The Morgan fingerprint density at radius 2 is 1.56 bits per heavy atom. The van der Waals surface area contributed by atoms with Crippen molar-refractivity contribution in [2.24, 2.45) is 0 Å². The summed E-state index contributed by atoms with van der Waals surface area (Å²) in [6.07, 6.45) is 4.77. The van der Waals surface area contributed by atoms with E-state index in [9.17, 15) is 0 Å². The highest BCUT2D eigenvalue weighted by atomic mass is 127. The molecule has 27 heavy (non-hydrogen) atoms. The molecule has 1 heteroatoms. The summed E-state index contributed by atoms with van der Waals surface area (Å²) < 4.78 is 1.31. The van der Waals surface area contributed by atoms with Crippen molar-refractivity contribution in [1.82, 2.24) is 0 Å². The number of hydrogen-bond donors (Lipinski definition) is 0. The minimum absolute atomic E-state index is 0.0334. The summed E-state index contributed by atoms with van der Waals surface area (Å²) in [5.74, 6) is 0.352. The van der Waals surface area contributed by atoms with Gasteiger partial charge in [0.2, 0.25) is 0 Å². The largest absolute Gasteiger partial charge is 0.0795 e. The lowest BCUT2D eigenvalue weighted by molar-refractivity contribution is 0.654. The molecule has 0 bridgehead atoms. The fourth-order valence-corrected chi connectivity index (χ4v) is 5.17. The fraction of sp³-hybridized carbons (Fsp3) is 0.231. The summed E-state index contributed by atoms with van der Waals surface area (Å²) in [4.78, 5) is 0. The van der Waals surface area contributed by atoms with Crippen LogP contribution in [0.25, 0.3) is 16.3 Å². The van der Waals surface area contributed by atoms with E-state index < -0.39 is 0 Å². The predicted octanol–water partition coefficient (Wildman–Crippen LogP) is 7.87. The molecule has 0 fully saturated rings. The second-order valence-electron chi connectivity index (χ2n) is 7.92. The van der Waals surface area contributed by atoms with E-state index in [4.69, 9.17) is 0 Å². The Labute approximate surface area is 176 Å². The Hall–Kier alpha value is -1.87. The minimum Gasteiger partial charge on any atom is -0.0795 e. The van der Waals surface area contributed by atoms with Gasteiger partial charge in [0.25, 0.3) is 0 Å². The number of hydrogen-bond acceptors (Lipinski definition) is 0. The zero-order valence-corrected chi connectivity index (χ0v) is 18.5. The summed E-state index contributed by atoms with van der Waals surface area (Å²) >= 11 is 2.44. The van der Waals surface area contributed by atoms with Crippen LogP contribution in [-0.4, -0.2) is 0 Å². The molecule has 1 aliphatic carbocycles. The number of rotatable bonds is 2. The van der Waals surface area contributed by atoms with Crippen molar-refractivity contribution in [3.8, 4) is 0 Å². The lowest BCUT2D eigenvalue weighted by atomic mass is 9.80. The molecule has 0 spiro atoms. The maximum Gasteiger partial charge on any atom is 0.0208 e. The van der Waals surface area contributed by atoms with E-state index in [0.29, 0.717) is 5.92 Å². The van der Waals surface area contributed by atoms with Crippen LogP contribution in [0.4, 0.5) is 0 Å². The quantitative estimate of drug-likeness (QED) is 0.339. The Balaban J connectivity index is 1.86. The van der Waals surface area contributed by atoms with Crippen LogP contribution in [0.3, 0.4) is 0 Å². The fourth-order valence-electron chi connectivity index (χ4n) is 4.52. The van der Waals surface area contributed by atoms with Gasteiger partial charge in [-0.1, -0.05) is 87.5 Å². The predicted molar refractivity (Wildman–Crippen MR) is 126 cm³/mol. The van der Waals surface area contributed by atoms with Crippen molar-refractivity contribution in [3.05, 3.63) is 98.6 Å². The second-order valence-corrected chi connectivity index (χ2v) is 9.09. The summed E-state index contributed by atoms with van der Waals surface area (Å²) in [5.41, 5.74) is 7.09. The highest BCUT2D eigenvalue weighted by Gasteiger charge is 2.37. The summed E-state index contributed by atoms with van der Waals surface area (Å²) in [6, 6.07) is 22.2. The number of benzene rings is 3. The smallest absolute Gasteiger partial charge is 0.0208 e. The van der Waals surface area contributed by atoms with Gasteiger partial charge in [-0.15, -0.1) is 0 Å². The lowest BCUT2D eigenvalue weighted by Gasteiger charge is -2.24. The zero-order valence-electron chi connectivity index (χ0n) is 16.4. The summed E-state index contributed by atoms with van der Waals surface area (Å²) in [6.45, 7) is 9.19. The first-order chi connectivity index (χ1) is 12.9. The van der Waals surface area contributed by atoms with Crippen LogP contribution in [0.2, 0.25) is 0 Å². The van der Waals surface area contributed by atoms with Crippen molar-refractivity contribution in [2.75, 3.05) is 0 Å². The monoisotopic (exact) mass is 464 g/mol. The van der Waals surface area contributed by atoms with E-state index >= 15 is 0 Å². The number of allylic oxidation sites excluding steroid dienone is 4. The summed E-state index contributed by atoms with van der Waals surface area (Å²) in [5, 5.41) is 2.71. The molecule has 0 N–H and O–H groups in total. The third-order valence-corrected chi connectivity index (χ3v) is 6.90. The van der Waals surface area contributed by atoms with Gasteiger partial charge in [-0.05, 0) is 74.2 Å². The molecular formula is C26H25I. The maximum absolute atomic E-state index is 2.49. The third-order valence-electron chi connectivity index (χ3n) is 5.95. The van der Waals surface area contributed by atoms with Gasteiger partial charge in [-0.3, -0.25) is 0 Å². The Bertz CT molecular complexity index is 1080. The highest BCUT2D eigenvalue weighted by molar-refractivity contribution is 14.1. The standard InChI is InChI=1S/C26H25I/c1-5-18-21-11-8-9-13-23(21)26(3,4)24(18)16-17(2)19-14-15-25(27)22-12-7-6-10-20(19)22/h5-17H,1-4H3/b18-5-,24-16+. The van der Waals surface area contributed by atoms with Crippen LogP contribution in [0.1, 0.15) is 50.3 Å². The van der Waals surface area contributed by atoms with Crippen LogP contribution in [0, 0.1) is 3.57 Å². The van der Waals surface area contributed by atoms with Gasteiger partial charge in [0, 0.05) is 14.9 Å². The molecule has 0 heterocycles. The molecule has 3 aromatic carbocycles. The average molecular weight is 464 g/mol. The van der Waals surface area contributed by atoms with Gasteiger partial charge in [0.1, 0.15) is 0 Å². The molecule has 1 unspecified atom stereocenters. The SMILES string of the molecule is C/C=C1\C(=C/C(C)c2ccc(I)c3ccccc23)C(C)(C)c2ccccc21. The van der Waals surface area contributed by atoms with Gasteiger partial charge >= 0.3 is 0 Å². The van der Waals surface area contributed by atoms with E-state index in [1.165, 1.54) is 42.2 Å². The van der Waals surface area contributed by atoms with Crippen molar-refractivity contribution in [1.29, 1.82) is 0 Å². The maximum atomic E-state index is 2.49. The topological polar surface area (TPSA) is 0 Å². The molecule has 0 aliphatic heterocycles. The van der Waals surface area contributed by atoms with Crippen molar-refractivity contribution < 1.29 is 0 Å². The molecule has 0 amide bonds. The normalized spacial score (nSPS) is 19.6. The van der Waals surface area contributed by atoms with E-state index in [1.807, 2.05) is 0 Å². The number of halogens is 1. The minimum atomic E-state index is 0.0334. The molecule has 3 aromatic rings. The van der Waals surface area contributed by atoms with Crippen molar-refractivity contribution >= 4 is 38.9 Å². The zero-order chi connectivity index (χ0) is 19.2. The second kappa shape index (κ2) is 6.94. The van der Waals surface area contributed by atoms with E-state index in [1.54, 1.807) is 0 Å². The first-order valence-electron chi connectivity index (χ1n) is 9.61. The molecule has 0 radical (unpaired) electrons. The Kier molecular flexibility index (Phi) is 4.75. The molecule has 1 aliphatic rings. The molecular weight excluding hydrogens is 439 g/mol. The Morgan fingerprint density at radius 3 is 2.30 bits per heavy atom.